The summed E-state index contributed by atoms with van der Waals surface area (Å²) in [7, 11) is 4.17. The molecule has 1 aliphatic carbocycles. The van der Waals surface area contributed by atoms with Crippen molar-refractivity contribution in [1.29, 1.82) is 0 Å². The monoisotopic (exact) mass is 373 g/mol. The lowest BCUT2D eigenvalue weighted by molar-refractivity contribution is -0.0274. The molecule has 1 aromatic rings. The van der Waals surface area contributed by atoms with Crippen LogP contribution in [0.15, 0.2) is 18.2 Å². The van der Waals surface area contributed by atoms with Gasteiger partial charge in [0.05, 0.1) is 17.1 Å². The Hall–Kier alpha value is -1.39. The molecule has 0 saturated carbocycles. The Morgan fingerprint density at radius 3 is 2.48 bits per heavy atom. The molecule has 1 heterocycles. The zero-order valence-corrected chi connectivity index (χ0v) is 18.3. The number of hydrogen-bond donors (Lipinski definition) is 1. The molecule has 0 fully saturated rings. The number of nitrogens with zero attached hydrogens (tertiary/aromatic N) is 2. The second-order valence-corrected chi connectivity index (χ2v) is 8.79. The Kier molecular flexibility index (Phi) is 7.47. The van der Waals surface area contributed by atoms with Crippen LogP contribution in [0.1, 0.15) is 77.6 Å². The average molecular weight is 374 g/mol. The van der Waals surface area contributed by atoms with Crippen molar-refractivity contribution in [2.75, 3.05) is 33.0 Å². The molecule has 0 unspecified atom stereocenters. The second-order valence-electron chi connectivity index (χ2n) is 8.79. The summed E-state index contributed by atoms with van der Waals surface area (Å²) in [6, 6.07) is 4.00. The molecule has 0 amide bonds. The van der Waals surface area contributed by atoms with E-state index in [1.54, 1.807) is 0 Å². The number of nitrogen functional groups attached to an aromatic ring is 1. The minimum absolute atomic E-state index is 0.416. The summed E-state index contributed by atoms with van der Waals surface area (Å²) in [5.74, 6) is 0. The summed E-state index contributed by atoms with van der Waals surface area (Å²) >= 11 is 0. The van der Waals surface area contributed by atoms with Crippen molar-refractivity contribution in [3.63, 3.8) is 0 Å². The van der Waals surface area contributed by atoms with Crippen molar-refractivity contribution in [3.8, 4) is 0 Å². The summed E-state index contributed by atoms with van der Waals surface area (Å²) in [5, 5.41) is 0. The molecule has 4 heteroatoms. The topological polar surface area (TPSA) is 51.4 Å². The van der Waals surface area contributed by atoms with E-state index in [2.05, 4.69) is 52.8 Å². The van der Waals surface area contributed by atoms with E-state index in [-0.39, 0.29) is 0 Å². The summed E-state index contributed by atoms with van der Waals surface area (Å²) < 4.78 is 6.17. The number of ether oxygens (including phenoxy) is 1. The quantitative estimate of drug-likeness (QED) is 0.601. The van der Waals surface area contributed by atoms with Gasteiger partial charge in [0.1, 0.15) is 5.60 Å². The minimum Gasteiger partial charge on any atom is -0.397 e. The fourth-order valence-corrected chi connectivity index (χ4v) is 3.90. The lowest BCUT2D eigenvalue weighted by Gasteiger charge is -2.35. The maximum absolute atomic E-state index is 6.30. The summed E-state index contributed by atoms with van der Waals surface area (Å²) in [4.78, 5) is 7.13. The van der Waals surface area contributed by atoms with Crippen LogP contribution in [0.3, 0.4) is 0 Å². The number of allylic oxidation sites excluding steroid dienone is 2. The zero-order valence-electron chi connectivity index (χ0n) is 18.3. The molecule has 0 radical (unpaired) electrons. The van der Waals surface area contributed by atoms with Gasteiger partial charge >= 0.3 is 0 Å². The van der Waals surface area contributed by atoms with Gasteiger partial charge in [0, 0.05) is 6.61 Å². The van der Waals surface area contributed by atoms with E-state index in [1.165, 1.54) is 24.8 Å². The predicted molar refractivity (Wildman–Crippen MR) is 116 cm³/mol. The molecule has 2 rings (SSSR count). The van der Waals surface area contributed by atoms with Gasteiger partial charge in [0.2, 0.25) is 0 Å². The van der Waals surface area contributed by atoms with Gasteiger partial charge < -0.3 is 15.4 Å². The molecule has 27 heavy (non-hydrogen) atoms. The lowest BCUT2D eigenvalue weighted by atomic mass is 9.71. The van der Waals surface area contributed by atoms with Crippen LogP contribution in [-0.2, 0) is 10.3 Å². The summed E-state index contributed by atoms with van der Waals surface area (Å²) in [5.41, 5.74) is 10.3. The number of aromatic nitrogens is 1. The molecule has 1 aromatic heterocycles. The van der Waals surface area contributed by atoms with Crippen molar-refractivity contribution >= 4 is 11.3 Å². The van der Waals surface area contributed by atoms with Crippen molar-refractivity contribution in [3.05, 3.63) is 29.6 Å². The van der Waals surface area contributed by atoms with Gasteiger partial charge in [-0.1, -0.05) is 32.8 Å². The summed E-state index contributed by atoms with van der Waals surface area (Å²) in [6.45, 7) is 10.6. The van der Waals surface area contributed by atoms with Crippen molar-refractivity contribution in [1.82, 2.24) is 9.88 Å². The highest BCUT2D eigenvalue weighted by molar-refractivity contribution is 5.73. The van der Waals surface area contributed by atoms with E-state index in [1.807, 2.05) is 12.1 Å². The maximum atomic E-state index is 6.30. The van der Waals surface area contributed by atoms with E-state index in [0.29, 0.717) is 5.41 Å². The van der Waals surface area contributed by atoms with Crippen molar-refractivity contribution in [2.24, 2.45) is 5.41 Å². The van der Waals surface area contributed by atoms with Crippen molar-refractivity contribution < 1.29 is 4.74 Å². The van der Waals surface area contributed by atoms with Gasteiger partial charge in [-0.15, -0.1) is 0 Å². The first-order chi connectivity index (χ1) is 12.7. The van der Waals surface area contributed by atoms with Gasteiger partial charge in [0.25, 0.3) is 0 Å². The second kappa shape index (κ2) is 9.20. The predicted octanol–water partition coefficient (Wildman–Crippen LogP) is 5.24. The third-order valence-electron chi connectivity index (χ3n) is 6.27. The Morgan fingerprint density at radius 1 is 1.22 bits per heavy atom. The Balaban J connectivity index is 2.15. The molecular formula is C23H39N3O. The Bertz CT molecular complexity index is 645. The normalized spacial score (nSPS) is 17.2. The van der Waals surface area contributed by atoms with Crippen LogP contribution >= 0.6 is 0 Å². The van der Waals surface area contributed by atoms with E-state index < -0.39 is 5.60 Å². The molecule has 0 aromatic carbocycles. The molecule has 0 atom stereocenters. The molecule has 0 saturated heterocycles. The standard InChI is InChI=1S/C23H39N3O/c1-7-23(8-2)14-12-18(13-15-23)21-19(24)10-11-20(25-21)22(3,4)27-17-9-16-26(5)6/h10-12H,7-9,13-17,24H2,1-6H3. The number of hydrogen-bond acceptors (Lipinski definition) is 4. The van der Waals surface area contributed by atoms with Crippen LogP contribution in [0.2, 0.25) is 0 Å². The molecule has 0 aliphatic heterocycles. The number of anilines is 1. The van der Waals surface area contributed by atoms with Crippen molar-refractivity contribution in [2.45, 2.75) is 71.8 Å². The number of pyridine rings is 1. The third-order valence-corrected chi connectivity index (χ3v) is 6.27. The van der Waals surface area contributed by atoms with E-state index in [4.69, 9.17) is 15.5 Å². The van der Waals surface area contributed by atoms with Crippen LogP contribution in [0.4, 0.5) is 5.69 Å². The highest BCUT2D eigenvalue weighted by atomic mass is 16.5. The van der Waals surface area contributed by atoms with Crippen LogP contribution in [0, 0.1) is 5.41 Å². The first-order valence-electron chi connectivity index (χ1n) is 10.5. The SMILES string of the molecule is CCC1(CC)CC=C(c2nc(C(C)(C)OCCCN(C)C)ccc2N)CC1. The Labute approximate surface area is 166 Å². The zero-order chi connectivity index (χ0) is 20.1. The van der Waals surface area contributed by atoms with Crippen LogP contribution in [0.25, 0.3) is 5.57 Å². The van der Waals surface area contributed by atoms with E-state index in [0.717, 1.165) is 49.5 Å². The molecular weight excluding hydrogens is 334 g/mol. The third kappa shape index (κ3) is 5.55. The van der Waals surface area contributed by atoms with E-state index >= 15 is 0 Å². The van der Waals surface area contributed by atoms with Gasteiger partial charge in [-0.2, -0.15) is 0 Å². The highest BCUT2D eigenvalue weighted by Gasteiger charge is 2.30. The largest absolute Gasteiger partial charge is 0.397 e. The lowest BCUT2D eigenvalue weighted by Crippen LogP contribution is -2.26. The molecule has 152 valence electrons. The van der Waals surface area contributed by atoms with Crippen LogP contribution in [0.5, 0.6) is 0 Å². The van der Waals surface area contributed by atoms with Crippen LogP contribution in [-0.4, -0.2) is 37.1 Å². The molecule has 4 nitrogen and oxygen atoms in total. The summed E-state index contributed by atoms with van der Waals surface area (Å²) in [6.07, 6.45) is 9.29. The minimum atomic E-state index is -0.416. The van der Waals surface area contributed by atoms with E-state index in [9.17, 15) is 0 Å². The Morgan fingerprint density at radius 2 is 1.93 bits per heavy atom. The molecule has 0 bridgehead atoms. The van der Waals surface area contributed by atoms with Crippen LogP contribution < -0.4 is 5.73 Å². The van der Waals surface area contributed by atoms with Gasteiger partial charge in [-0.05, 0) is 83.3 Å². The van der Waals surface area contributed by atoms with Gasteiger partial charge in [-0.25, -0.2) is 4.98 Å². The molecule has 0 spiro atoms. The van der Waals surface area contributed by atoms with Gasteiger partial charge in [0.15, 0.2) is 0 Å². The fraction of sp³-hybridized carbons (Fsp3) is 0.696. The number of rotatable bonds is 9. The van der Waals surface area contributed by atoms with Gasteiger partial charge in [-0.3, -0.25) is 0 Å². The first kappa shape index (κ1) is 21.9. The smallest absolute Gasteiger partial charge is 0.104 e. The highest BCUT2D eigenvalue weighted by Crippen LogP contribution is 2.44. The average Bonchev–Trinajstić information content (AvgIpc) is 2.65. The molecule has 1 aliphatic rings. The molecule has 2 N–H and O–H groups in total. The number of nitrogens with two attached hydrogens (primary N) is 1. The first-order valence-corrected chi connectivity index (χ1v) is 10.5. The maximum Gasteiger partial charge on any atom is 0.104 e. The fourth-order valence-electron chi connectivity index (χ4n) is 3.90.